The molecule has 1 N–H and O–H groups in total. The van der Waals surface area contributed by atoms with E-state index in [2.05, 4.69) is 9.97 Å². The summed E-state index contributed by atoms with van der Waals surface area (Å²) < 4.78 is 2.05. The van der Waals surface area contributed by atoms with Gasteiger partial charge in [0, 0.05) is 19.7 Å². The minimum absolute atomic E-state index is 0.0404. The van der Waals surface area contributed by atoms with Crippen LogP contribution in [0.3, 0.4) is 0 Å². The largest absolute Gasteiger partial charge is 0.332 e. The number of fused-ring (bicyclic) bond motifs is 1. The maximum atomic E-state index is 12.4. The van der Waals surface area contributed by atoms with Crippen molar-refractivity contribution in [2.24, 2.45) is 14.1 Å². The molecule has 1 aromatic carbocycles. The molecule has 0 saturated heterocycles. The monoisotopic (exact) mass is 340 g/mol. The van der Waals surface area contributed by atoms with Gasteiger partial charge >= 0.3 is 5.69 Å². The molecule has 0 spiro atoms. The fourth-order valence-electron chi connectivity index (χ4n) is 2.55. The van der Waals surface area contributed by atoms with E-state index >= 15 is 0 Å². The van der Waals surface area contributed by atoms with Gasteiger partial charge in [-0.05, 0) is 6.92 Å². The van der Waals surface area contributed by atoms with Gasteiger partial charge in [-0.1, -0.05) is 29.8 Å². The molecule has 3 rings (SSSR count). The number of ketones is 1. The molecule has 0 aliphatic carbocycles. The van der Waals surface area contributed by atoms with Crippen LogP contribution in [0.25, 0.3) is 11.2 Å². The highest BCUT2D eigenvalue weighted by Crippen LogP contribution is 2.07. The number of nitrogens with one attached hydrogen (secondary N) is 1. The van der Waals surface area contributed by atoms with Crippen LogP contribution in [-0.2, 0) is 20.5 Å². The summed E-state index contributed by atoms with van der Waals surface area (Å²) in [5, 5.41) is 0. The molecule has 2 aromatic heterocycles. The van der Waals surface area contributed by atoms with Crippen molar-refractivity contribution in [1.29, 1.82) is 0 Å². The van der Waals surface area contributed by atoms with Gasteiger partial charge in [-0.2, -0.15) is 0 Å². The van der Waals surface area contributed by atoms with E-state index in [0.717, 1.165) is 14.7 Å². The maximum Gasteiger partial charge on any atom is 0.332 e. The number of carbonyl (C=O) groups excluding carboxylic acids is 1. The Morgan fingerprint density at radius 3 is 2.36 bits per heavy atom. The lowest BCUT2D eigenvalue weighted by Gasteiger charge is -2.08. The number of aromatic nitrogens is 4. The zero-order valence-electron chi connectivity index (χ0n) is 14.0. The molecule has 0 saturated carbocycles. The Bertz CT molecular complexity index is 1170. The lowest BCUT2D eigenvalue weighted by molar-refractivity contribution is 0.0991. The zero-order chi connectivity index (χ0) is 18.3. The third kappa shape index (κ3) is 2.82. The van der Waals surface area contributed by atoms with Gasteiger partial charge in [0.2, 0.25) is 0 Å². The van der Waals surface area contributed by atoms with Crippen molar-refractivity contribution in [2.45, 2.75) is 13.3 Å². The molecular formula is C17H16N4O4. The highest BCUT2D eigenvalue weighted by atomic mass is 16.2. The Labute approximate surface area is 141 Å². The lowest BCUT2D eigenvalue weighted by Crippen LogP contribution is -2.39. The topological polar surface area (TPSA) is 107 Å². The van der Waals surface area contributed by atoms with Crippen molar-refractivity contribution >= 4 is 16.9 Å². The summed E-state index contributed by atoms with van der Waals surface area (Å²) in [6.45, 7) is 1.91. The highest BCUT2D eigenvalue weighted by molar-refractivity contribution is 5.97. The number of aromatic amines is 1. The Hall–Kier alpha value is -3.29. The van der Waals surface area contributed by atoms with E-state index in [1.165, 1.54) is 14.1 Å². The maximum absolute atomic E-state index is 12.4. The van der Waals surface area contributed by atoms with Crippen molar-refractivity contribution in [3.05, 3.63) is 72.3 Å². The summed E-state index contributed by atoms with van der Waals surface area (Å²) >= 11 is 0. The fourth-order valence-corrected chi connectivity index (χ4v) is 2.55. The van der Waals surface area contributed by atoms with Crippen molar-refractivity contribution in [3.8, 4) is 0 Å². The summed E-state index contributed by atoms with van der Waals surface area (Å²) in [5.41, 5.74) is -0.411. The van der Waals surface area contributed by atoms with Crippen LogP contribution >= 0.6 is 0 Å². The molecule has 0 radical (unpaired) electrons. The third-order valence-electron chi connectivity index (χ3n) is 4.08. The number of Topliss-reactive ketones (excluding diaryl/α,β-unsaturated/α-hetero) is 1. The number of aryl methyl sites for hydroxylation is 2. The normalized spacial score (nSPS) is 11.0. The molecule has 0 bridgehead atoms. The molecular weight excluding hydrogens is 324 g/mol. The van der Waals surface area contributed by atoms with Crippen LogP contribution in [0.5, 0.6) is 0 Å². The second-order valence-corrected chi connectivity index (χ2v) is 5.88. The molecule has 0 aliphatic heterocycles. The molecule has 0 amide bonds. The molecule has 0 atom stereocenters. The molecule has 0 fully saturated rings. The average Bonchev–Trinajstić information content (AvgIpc) is 2.60. The summed E-state index contributed by atoms with van der Waals surface area (Å²) in [6, 6.07) is 6.97. The number of rotatable bonds is 3. The average molecular weight is 340 g/mol. The van der Waals surface area contributed by atoms with E-state index in [9.17, 15) is 19.2 Å². The minimum Gasteiger partial charge on any atom is -0.313 e. The van der Waals surface area contributed by atoms with E-state index in [-0.39, 0.29) is 29.1 Å². The Morgan fingerprint density at radius 1 is 1.08 bits per heavy atom. The van der Waals surface area contributed by atoms with Gasteiger partial charge in [0.25, 0.3) is 11.1 Å². The van der Waals surface area contributed by atoms with Crippen LogP contribution in [0.15, 0.2) is 38.6 Å². The number of hydrogen-bond donors (Lipinski definition) is 1. The molecule has 3 aromatic rings. The number of benzene rings is 1. The van der Waals surface area contributed by atoms with Crippen molar-refractivity contribution in [2.75, 3.05) is 0 Å². The van der Waals surface area contributed by atoms with E-state index in [0.29, 0.717) is 5.56 Å². The summed E-state index contributed by atoms with van der Waals surface area (Å²) in [6.07, 6.45) is -0.224. The van der Waals surface area contributed by atoms with Crippen molar-refractivity contribution in [3.63, 3.8) is 0 Å². The van der Waals surface area contributed by atoms with Gasteiger partial charge in [-0.15, -0.1) is 0 Å². The summed E-state index contributed by atoms with van der Waals surface area (Å²) in [5.74, 6) is -0.272. The second kappa shape index (κ2) is 5.97. The second-order valence-electron chi connectivity index (χ2n) is 5.88. The predicted octanol–water partition coefficient (Wildman–Crippen LogP) is 0.0543. The van der Waals surface area contributed by atoms with Crippen LogP contribution in [0.4, 0.5) is 0 Å². The molecule has 8 nitrogen and oxygen atoms in total. The van der Waals surface area contributed by atoms with E-state index in [1.807, 2.05) is 6.92 Å². The fraction of sp³-hybridized carbons (Fsp3) is 0.235. The third-order valence-corrected chi connectivity index (χ3v) is 4.08. The quantitative estimate of drug-likeness (QED) is 0.678. The van der Waals surface area contributed by atoms with E-state index < -0.39 is 16.8 Å². The standard InChI is InChI=1S/C17H16N4O4/c1-9-4-6-10(7-5-9)12(22)8-11-15(23)19-13-14(18-11)20(2)17(25)21(3)16(13)24/h4-7H,8H2,1-3H3,(H,19,23). The van der Waals surface area contributed by atoms with Crippen LogP contribution in [0.2, 0.25) is 0 Å². The van der Waals surface area contributed by atoms with E-state index in [4.69, 9.17) is 0 Å². The smallest absolute Gasteiger partial charge is 0.313 e. The summed E-state index contributed by atoms with van der Waals surface area (Å²) in [4.78, 5) is 55.2. The number of carbonyl (C=O) groups is 1. The van der Waals surface area contributed by atoms with Crippen molar-refractivity contribution in [1.82, 2.24) is 19.1 Å². The minimum atomic E-state index is -0.640. The van der Waals surface area contributed by atoms with Gasteiger partial charge in [0.15, 0.2) is 16.9 Å². The first-order valence-electron chi connectivity index (χ1n) is 7.58. The number of hydrogen-bond acceptors (Lipinski definition) is 5. The van der Waals surface area contributed by atoms with Crippen molar-refractivity contribution < 1.29 is 4.79 Å². The number of nitrogens with zero attached hydrogens (tertiary/aromatic N) is 3. The Morgan fingerprint density at radius 2 is 1.72 bits per heavy atom. The van der Waals surface area contributed by atoms with Crippen LogP contribution in [0.1, 0.15) is 21.6 Å². The highest BCUT2D eigenvalue weighted by Gasteiger charge is 2.16. The van der Waals surface area contributed by atoms with E-state index in [1.54, 1.807) is 24.3 Å². The zero-order valence-corrected chi connectivity index (χ0v) is 14.0. The summed E-state index contributed by atoms with van der Waals surface area (Å²) in [7, 11) is 2.76. The lowest BCUT2D eigenvalue weighted by atomic mass is 10.1. The predicted molar refractivity (Wildman–Crippen MR) is 92.1 cm³/mol. The SMILES string of the molecule is Cc1ccc(C(=O)Cc2nc3c([nH]c2=O)c(=O)n(C)c(=O)n3C)cc1. The first-order valence-corrected chi connectivity index (χ1v) is 7.58. The van der Waals surface area contributed by atoms with Crippen LogP contribution in [-0.4, -0.2) is 24.9 Å². The van der Waals surface area contributed by atoms with Gasteiger partial charge in [-0.25, -0.2) is 9.78 Å². The molecule has 2 heterocycles. The van der Waals surface area contributed by atoms with Gasteiger partial charge in [0.1, 0.15) is 5.69 Å². The molecule has 0 unspecified atom stereocenters. The van der Waals surface area contributed by atoms with Gasteiger partial charge in [0.05, 0.1) is 6.42 Å². The number of H-pyrrole nitrogens is 1. The van der Waals surface area contributed by atoms with Gasteiger partial charge in [-0.3, -0.25) is 23.5 Å². The molecule has 8 heteroatoms. The Balaban J connectivity index is 2.12. The van der Waals surface area contributed by atoms with Crippen LogP contribution in [0, 0.1) is 6.92 Å². The molecule has 25 heavy (non-hydrogen) atoms. The first kappa shape index (κ1) is 16.6. The molecule has 0 aliphatic rings. The van der Waals surface area contributed by atoms with Gasteiger partial charge < -0.3 is 4.98 Å². The molecule has 128 valence electrons. The van der Waals surface area contributed by atoms with Crippen LogP contribution < -0.4 is 16.8 Å². The first-order chi connectivity index (χ1) is 11.8. The Kier molecular flexibility index (Phi) is 3.96.